The zero-order valence-corrected chi connectivity index (χ0v) is 28.1. The van der Waals surface area contributed by atoms with Crippen molar-refractivity contribution in [1.82, 2.24) is 9.55 Å². The number of nitrogens with zero attached hydrogens (tertiary/aromatic N) is 3. The zero-order chi connectivity index (χ0) is 30.2. The zero-order valence-electron chi connectivity index (χ0n) is 25.0. The van der Waals surface area contributed by atoms with E-state index in [1.54, 1.807) is 12.3 Å². The van der Waals surface area contributed by atoms with Gasteiger partial charge in [0.1, 0.15) is 12.0 Å². The van der Waals surface area contributed by atoms with Crippen LogP contribution >= 0.6 is 22.6 Å². The first kappa shape index (κ1) is 32.6. The fourth-order valence-corrected chi connectivity index (χ4v) is 6.46. The number of nitrogens with two attached hydrogens (primary N) is 1. The van der Waals surface area contributed by atoms with E-state index in [1.807, 2.05) is 26.8 Å². The molecule has 1 saturated heterocycles. The minimum atomic E-state index is -2.06. The molecule has 2 aromatic rings. The Morgan fingerprint density at radius 1 is 1.27 bits per heavy atom. The smallest absolute Gasteiger partial charge is 0.351 e. The second-order valence-corrected chi connectivity index (χ2v) is 19.1. The SMILES string of the molecule is CC[C@H]1O[C@@H](n2cc(CO[C@@H](c3ccc(I)cc3[N+](=O)[O-])C(C)(C)C)c(N)nc2=O)C[C@H]1O[Si](C)(C)C(C)(C)C. The molecule has 0 spiro atoms. The first-order chi connectivity index (χ1) is 18.4. The lowest BCUT2D eigenvalue weighted by Crippen LogP contribution is -2.45. The van der Waals surface area contributed by atoms with Crippen LogP contribution in [0.15, 0.2) is 29.2 Å². The second kappa shape index (κ2) is 12.2. The van der Waals surface area contributed by atoms with E-state index in [1.165, 1.54) is 10.6 Å². The number of aromatic nitrogens is 2. The summed E-state index contributed by atoms with van der Waals surface area (Å²) in [5.41, 5.74) is 6.17. The molecule has 1 aliphatic rings. The number of nitro groups is 1. The van der Waals surface area contributed by atoms with Crippen LogP contribution in [0.25, 0.3) is 0 Å². The molecule has 10 nitrogen and oxygen atoms in total. The molecule has 1 aromatic heterocycles. The molecule has 0 unspecified atom stereocenters. The van der Waals surface area contributed by atoms with Crippen molar-refractivity contribution in [3.8, 4) is 0 Å². The van der Waals surface area contributed by atoms with Crippen molar-refractivity contribution in [2.75, 3.05) is 5.73 Å². The van der Waals surface area contributed by atoms with E-state index in [2.05, 4.69) is 68.4 Å². The lowest BCUT2D eigenvalue weighted by atomic mass is 9.84. The first-order valence-electron chi connectivity index (χ1n) is 13.6. The van der Waals surface area contributed by atoms with E-state index in [0.29, 0.717) is 17.5 Å². The van der Waals surface area contributed by atoms with Crippen LogP contribution in [0.2, 0.25) is 18.1 Å². The number of nitrogen functional groups attached to an aromatic ring is 1. The largest absolute Gasteiger partial charge is 0.411 e. The van der Waals surface area contributed by atoms with Gasteiger partial charge in [-0.05, 0) is 64.7 Å². The minimum absolute atomic E-state index is 0.000582. The average Bonchev–Trinajstić information content (AvgIpc) is 3.21. The Hall–Kier alpha value is -1.87. The Morgan fingerprint density at radius 3 is 2.48 bits per heavy atom. The number of benzene rings is 1. The first-order valence-corrected chi connectivity index (χ1v) is 17.6. The molecule has 1 aliphatic heterocycles. The van der Waals surface area contributed by atoms with E-state index >= 15 is 0 Å². The van der Waals surface area contributed by atoms with Crippen LogP contribution in [0, 0.1) is 19.1 Å². The minimum Gasteiger partial charge on any atom is -0.411 e. The van der Waals surface area contributed by atoms with Crippen molar-refractivity contribution in [2.24, 2.45) is 5.41 Å². The molecule has 4 atom stereocenters. The van der Waals surface area contributed by atoms with Gasteiger partial charge in [-0.15, -0.1) is 0 Å². The van der Waals surface area contributed by atoms with E-state index in [0.717, 1.165) is 9.99 Å². The van der Waals surface area contributed by atoms with Gasteiger partial charge in [-0.1, -0.05) is 48.5 Å². The maximum atomic E-state index is 12.9. The van der Waals surface area contributed by atoms with Gasteiger partial charge in [-0.3, -0.25) is 14.7 Å². The van der Waals surface area contributed by atoms with Gasteiger partial charge >= 0.3 is 5.69 Å². The van der Waals surface area contributed by atoms with Crippen molar-refractivity contribution < 1.29 is 18.8 Å². The van der Waals surface area contributed by atoms with Gasteiger partial charge in [0.2, 0.25) is 0 Å². The van der Waals surface area contributed by atoms with Crippen LogP contribution in [0.3, 0.4) is 0 Å². The maximum absolute atomic E-state index is 12.9. The van der Waals surface area contributed by atoms with E-state index < -0.39 is 31.8 Å². The third kappa shape index (κ3) is 7.30. The molecule has 0 amide bonds. The van der Waals surface area contributed by atoms with E-state index in [9.17, 15) is 14.9 Å². The molecule has 0 aliphatic carbocycles. The van der Waals surface area contributed by atoms with E-state index in [-0.39, 0.29) is 40.3 Å². The second-order valence-electron chi connectivity index (χ2n) is 13.0. The molecule has 3 rings (SSSR count). The third-order valence-electron chi connectivity index (χ3n) is 7.87. The van der Waals surface area contributed by atoms with Crippen molar-refractivity contribution in [3.05, 3.63) is 59.7 Å². The summed E-state index contributed by atoms with van der Waals surface area (Å²) < 4.78 is 21.5. The molecule has 0 radical (unpaired) electrons. The number of rotatable bonds is 9. The van der Waals surface area contributed by atoms with Crippen molar-refractivity contribution >= 4 is 42.4 Å². The number of ether oxygens (including phenoxy) is 2. The number of hydrogen-bond acceptors (Lipinski definition) is 8. The molecule has 1 fully saturated rings. The predicted octanol–water partition coefficient (Wildman–Crippen LogP) is 6.73. The maximum Gasteiger partial charge on any atom is 0.351 e. The molecule has 1 aromatic carbocycles. The Balaban J connectivity index is 1.89. The molecule has 12 heteroatoms. The van der Waals surface area contributed by atoms with Gasteiger partial charge in [0.15, 0.2) is 8.32 Å². The fourth-order valence-electron chi connectivity index (χ4n) is 4.63. The highest BCUT2D eigenvalue weighted by molar-refractivity contribution is 14.1. The van der Waals surface area contributed by atoms with Gasteiger partial charge in [-0.25, -0.2) is 4.79 Å². The Kier molecular flexibility index (Phi) is 9.92. The molecule has 2 N–H and O–H groups in total. The highest BCUT2D eigenvalue weighted by atomic mass is 127. The third-order valence-corrected chi connectivity index (χ3v) is 13.0. The van der Waals surface area contributed by atoms with Crippen molar-refractivity contribution in [1.29, 1.82) is 0 Å². The highest BCUT2D eigenvalue weighted by Crippen LogP contribution is 2.43. The fraction of sp³-hybridized carbons (Fsp3) is 0.643. The number of nitro benzene ring substituents is 1. The van der Waals surface area contributed by atoms with Crippen LogP contribution in [0.1, 0.15) is 84.8 Å². The molecule has 2 heterocycles. The van der Waals surface area contributed by atoms with Crippen LogP contribution in [0.4, 0.5) is 11.5 Å². The van der Waals surface area contributed by atoms with E-state index in [4.69, 9.17) is 19.6 Å². The molecule has 222 valence electrons. The topological polar surface area (TPSA) is 132 Å². The standard InChI is InChI=1S/C28H43IN4O6Si/c1-10-21-22(39-40(8,9)28(5,6)7)14-23(38-21)32-15-17(25(30)31-26(32)34)16-37-24(27(2,3)4)19-12-11-18(29)13-20(19)33(35)36/h11-13,15,21-24H,10,14,16H2,1-9H3,(H2,30,31,34)/t21-,22-,23-,24+/m1/s1. The van der Waals surface area contributed by atoms with Gasteiger partial charge in [0.25, 0.3) is 5.69 Å². The van der Waals surface area contributed by atoms with Crippen LogP contribution in [0.5, 0.6) is 0 Å². The van der Waals surface area contributed by atoms with Gasteiger partial charge in [0, 0.05) is 27.8 Å². The van der Waals surface area contributed by atoms with Gasteiger partial charge in [0.05, 0.1) is 35.4 Å². The molecule has 40 heavy (non-hydrogen) atoms. The average molecular weight is 687 g/mol. The normalized spacial score (nSPS) is 21.0. The highest BCUT2D eigenvalue weighted by Gasteiger charge is 2.45. The van der Waals surface area contributed by atoms with Crippen LogP contribution < -0.4 is 11.4 Å². The summed E-state index contributed by atoms with van der Waals surface area (Å²) in [6.45, 7) is 19.0. The number of halogens is 1. The molecular formula is C28H43IN4O6Si. The summed E-state index contributed by atoms with van der Waals surface area (Å²) in [6, 6.07) is 5.10. The van der Waals surface area contributed by atoms with Gasteiger partial charge < -0.3 is 19.6 Å². The summed E-state index contributed by atoms with van der Waals surface area (Å²) in [6.07, 6.45) is 1.48. The van der Waals surface area contributed by atoms with Crippen molar-refractivity contribution in [2.45, 2.75) is 111 Å². The lowest BCUT2D eigenvalue weighted by Gasteiger charge is -2.39. The lowest BCUT2D eigenvalue weighted by molar-refractivity contribution is -0.386. The Labute approximate surface area is 251 Å². The Bertz CT molecular complexity index is 1290. The molecule has 0 saturated carbocycles. The van der Waals surface area contributed by atoms with Crippen LogP contribution in [-0.2, 0) is 20.5 Å². The summed E-state index contributed by atoms with van der Waals surface area (Å²) >= 11 is 2.05. The van der Waals surface area contributed by atoms with Crippen molar-refractivity contribution in [3.63, 3.8) is 0 Å². The van der Waals surface area contributed by atoms with Gasteiger partial charge in [-0.2, -0.15) is 4.98 Å². The summed E-state index contributed by atoms with van der Waals surface area (Å²) in [5.74, 6) is 0.0603. The predicted molar refractivity (Wildman–Crippen MR) is 167 cm³/mol. The summed E-state index contributed by atoms with van der Waals surface area (Å²) in [5, 5.41) is 11.9. The molecular weight excluding hydrogens is 643 g/mol. The quantitative estimate of drug-likeness (QED) is 0.133. The summed E-state index contributed by atoms with van der Waals surface area (Å²) in [4.78, 5) is 28.5. The molecule has 0 bridgehead atoms. The number of anilines is 1. The monoisotopic (exact) mass is 686 g/mol. The Morgan fingerprint density at radius 2 is 1.93 bits per heavy atom. The summed E-state index contributed by atoms with van der Waals surface area (Å²) in [7, 11) is -2.06. The number of hydrogen-bond donors (Lipinski definition) is 1. The van der Waals surface area contributed by atoms with Crippen LogP contribution in [-0.4, -0.2) is 35.0 Å².